The van der Waals surface area contributed by atoms with E-state index in [1.807, 2.05) is 27.7 Å². The highest BCUT2D eigenvalue weighted by atomic mass is 16.5. The first-order chi connectivity index (χ1) is 23.9. The third-order valence-electron chi connectivity index (χ3n) is 10.2. The fourth-order valence-electron chi connectivity index (χ4n) is 6.39. The molecule has 290 valence electrons. The summed E-state index contributed by atoms with van der Waals surface area (Å²) in [5, 5.41) is 10.5. The normalized spacial score (nSPS) is 11.8. The van der Waals surface area contributed by atoms with Crippen LogP contribution in [0.3, 0.4) is 0 Å². The van der Waals surface area contributed by atoms with Crippen LogP contribution in [0.25, 0.3) is 0 Å². The van der Waals surface area contributed by atoms with Crippen molar-refractivity contribution in [3.8, 4) is 23.7 Å². The second-order valence-corrected chi connectivity index (χ2v) is 16.2. The number of aliphatic hydroxyl groups excluding tert-OH is 1. The van der Waals surface area contributed by atoms with Gasteiger partial charge in [-0.2, -0.15) is 0 Å². The quantitative estimate of drug-likeness (QED) is 0.0459. The summed E-state index contributed by atoms with van der Waals surface area (Å²) in [6, 6.07) is 0. The van der Waals surface area contributed by atoms with Gasteiger partial charge in [-0.1, -0.05) is 141 Å². The number of hydrogen-bond donors (Lipinski definition) is 1. The van der Waals surface area contributed by atoms with Crippen molar-refractivity contribution in [2.45, 2.75) is 216 Å². The zero-order chi connectivity index (χ0) is 37.5. The van der Waals surface area contributed by atoms with Crippen molar-refractivity contribution in [1.82, 2.24) is 0 Å². The van der Waals surface area contributed by atoms with E-state index in [0.717, 1.165) is 77.0 Å². The number of carbonyl (C=O) groups excluding carboxylic acids is 2. The van der Waals surface area contributed by atoms with E-state index in [0.29, 0.717) is 11.8 Å². The first-order valence-corrected chi connectivity index (χ1v) is 20.9. The predicted molar refractivity (Wildman–Crippen MR) is 212 cm³/mol. The molecule has 0 aromatic rings. The van der Waals surface area contributed by atoms with Gasteiger partial charge in [0.1, 0.15) is 0 Å². The van der Waals surface area contributed by atoms with Crippen LogP contribution in [0.5, 0.6) is 0 Å². The van der Waals surface area contributed by atoms with Crippen LogP contribution in [0.4, 0.5) is 0 Å². The zero-order valence-corrected chi connectivity index (χ0v) is 34.2. The highest BCUT2D eigenvalue weighted by Crippen LogP contribution is 2.28. The first kappa shape index (κ1) is 48.0. The second kappa shape index (κ2) is 30.6. The van der Waals surface area contributed by atoms with Gasteiger partial charge in [-0.25, -0.2) is 0 Å². The van der Waals surface area contributed by atoms with Crippen LogP contribution in [0.15, 0.2) is 0 Å². The average molecular weight is 701 g/mol. The fraction of sp³-hybridized carbons (Fsp3) is 0.867. The first-order valence-electron chi connectivity index (χ1n) is 20.9. The van der Waals surface area contributed by atoms with Crippen LogP contribution < -0.4 is 0 Å². The summed E-state index contributed by atoms with van der Waals surface area (Å²) in [5.74, 6) is 13.6. The van der Waals surface area contributed by atoms with Crippen LogP contribution in [0.2, 0.25) is 0 Å². The molecule has 5 nitrogen and oxygen atoms in total. The zero-order valence-electron chi connectivity index (χ0n) is 34.2. The van der Waals surface area contributed by atoms with Gasteiger partial charge in [-0.15, -0.1) is 0 Å². The highest BCUT2D eigenvalue weighted by Gasteiger charge is 2.29. The lowest BCUT2D eigenvalue weighted by Gasteiger charge is -2.22. The molecule has 0 aliphatic heterocycles. The predicted octanol–water partition coefficient (Wildman–Crippen LogP) is 12.2. The molecule has 0 bridgehead atoms. The van der Waals surface area contributed by atoms with Gasteiger partial charge in [0.15, 0.2) is 13.2 Å². The fourth-order valence-corrected chi connectivity index (χ4v) is 6.39. The Morgan fingerprint density at radius 3 is 1.16 bits per heavy atom. The van der Waals surface area contributed by atoms with Crippen LogP contribution in [0.1, 0.15) is 209 Å². The molecule has 1 N–H and O–H groups in total. The molecule has 50 heavy (non-hydrogen) atoms. The Labute approximate surface area is 310 Å². The molecule has 0 saturated heterocycles. The van der Waals surface area contributed by atoms with Gasteiger partial charge in [-0.3, -0.25) is 9.59 Å². The van der Waals surface area contributed by atoms with Gasteiger partial charge in [0.2, 0.25) is 0 Å². The lowest BCUT2D eigenvalue weighted by Crippen LogP contribution is -2.26. The lowest BCUT2D eigenvalue weighted by atomic mass is 9.86. The maximum absolute atomic E-state index is 12.7. The molecule has 0 aromatic heterocycles. The molecular weight excluding hydrogens is 620 g/mol. The van der Waals surface area contributed by atoms with Crippen molar-refractivity contribution in [3.63, 3.8) is 0 Å². The Morgan fingerprint density at radius 2 is 0.840 bits per heavy atom. The molecule has 0 aromatic carbocycles. The Morgan fingerprint density at radius 1 is 0.500 bits per heavy atom. The van der Waals surface area contributed by atoms with Crippen molar-refractivity contribution < 1.29 is 24.2 Å². The van der Waals surface area contributed by atoms with E-state index in [-0.39, 0.29) is 31.3 Å². The summed E-state index contributed by atoms with van der Waals surface area (Å²) in [6.45, 7) is 17.1. The molecule has 0 rings (SSSR count). The molecule has 0 aliphatic rings. The molecule has 0 atom stereocenters. The third-order valence-corrected chi connectivity index (χ3v) is 10.2. The number of hydrogen-bond acceptors (Lipinski definition) is 5. The van der Waals surface area contributed by atoms with E-state index in [9.17, 15) is 14.7 Å². The molecule has 5 heteroatoms. The van der Waals surface area contributed by atoms with Crippen LogP contribution >= 0.6 is 0 Å². The minimum absolute atomic E-state index is 0.172. The van der Waals surface area contributed by atoms with E-state index in [1.165, 1.54) is 77.0 Å². The van der Waals surface area contributed by atoms with Crippen molar-refractivity contribution in [1.29, 1.82) is 0 Å². The Hall–Kier alpha value is -1.98. The molecule has 0 amide bonds. The summed E-state index contributed by atoms with van der Waals surface area (Å²) in [5.41, 5.74) is -1.05. The van der Waals surface area contributed by atoms with Gasteiger partial charge in [-0.05, 0) is 90.9 Å². The van der Waals surface area contributed by atoms with Crippen molar-refractivity contribution >= 4 is 11.9 Å². The van der Waals surface area contributed by atoms with Gasteiger partial charge in [0.25, 0.3) is 0 Å². The number of rotatable bonds is 30. The minimum atomic E-state index is -0.524. The molecule has 0 radical (unpaired) electrons. The minimum Gasteiger partial charge on any atom is -0.452 e. The van der Waals surface area contributed by atoms with Crippen molar-refractivity contribution in [2.75, 3.05) is 13.2 Å². The van der Waals surface area contributed by atoms with Gasteiger partial charge < -0.3 is 14.6 Å². The van der Waals surface area contributed by atoms with E-state index in [1.54, 1.807) is 0 Å². The summed E-state index contributed by atoms with van der Waals surface area (Å²) in [6.07, 6.45) is 25.3. The van der Waals surface area contributed by atoms with Crippen LogP contribution in [-0.4, -0.2) is 36.4 Å². The van der Waals surface area contributed by atoms with E-state index in [2.05, 4.69) is 51.4 Å². The Bertz CT molecular complexity index is 881. The van der Waals surface area contributed by atoms with Crippen LogP contribution in [0, 0.1) is 46.3 Å². The number of carbonyl (C=O) groups is 2. The van der Waals surface area contributed by atoms with E-state index >= 15 is 0 Å². The lowest BCUT2D eigenvalue weighted by molar-refractivity contribution is -0.153. The molecule has 0 aliphatic carbocycles. The topological polar surface area (TPSA) is 72.8 Å². The summed E-state index contributed by atoms with van der Waals surface area (Å²) in [7, 11) is 0. The molecule has 0 saturated carbocycles. The number of ether oxygens (including phenoxy) is 2. The Kier molecular flexibility index (Phi) is 29.4. The SMILES string of the molecule is CCCCC(CC#CCOC(=O)C(C)(C)CCCCCC(O)CCCCCC(C)(C)C(=O)OCC#CCC(CCCC)CCCC)CCCC. The molecule has 0 spiro atoms. The highest BCUT2D eigenvalue weighted by molar-refractivity contribution is 5.76. The van der Waals surface area contributed by atoms with E-state index in [4.69, 9.17) is 9.47 Å². The maximum Gasteiger partial charge on any atom is 0.312 e. The smallest absolute Gasteiger partial charge is 0.312 e. The van der Waals surface area contributed by atoms with Crippen LogP contribution in [-0.2, 0) is 19.1 Å². The number of unbranched alkanes of at least 4 members (excludes halogenated alkanes) is 8. The molecule has 0 fully saturated rings. The average Bonchev–Trinajstić information content (AvgIpc) is 3.08. The summed E-state index contributed by atoms with van der Waals surface area (Å²) < 4.78 is 11.0. The largest absolute Gasteiger partial charge is 0.452 e. The van der Waals surface area contributed by atoms with E-state index < -0.39 is 10.8 Å². The molecular formula is C45H80O5. The van der Waals surface area contributed by atoms with Gasteiger partial charge >= 0.3 is 11.9 Å². The third kappa shape index (κ3) is 25.9. The molecule has 0 heterocycles. The molecule has 0 unspecified atom stereocenters. The second-order valence-electron chi connectivity index (χ2n) is 16.2. The van der Waals surface area contributed by atoms with Crippen molar-refractivity contribution in [2.24, 2.45) is 22.7 Å². The maximum atomic E-state index is 12.7. The standard InChI is InChI=1S/C45H80O5/c1-9-13-27-39(28-14-10-2)31-21-25-37-49-42(47)44(5,6)35-23-17-19-33-41(46)34-20-18-24-36-45(7,8)43(48)50-38-26-22-32-40(29-15-11-3)30-16-12-4/h39-41,46H,9-20,23-24,27-38H2,1-8H3. The van der Waals surface area contributed by atoms with Crippen molar-refractivity contribution in [3.05, 3.63) is 0 Å². The monoisotopic (exact) mass is 701 g/mol. The Balaban J connectivity index is 4.15. The number of esters is 2. The summed E-state index contributed by atoms with van der Waals surface area (Å²) in [4.78, 5) is 25.3. The number of aliphatic hydroxyl groups is 1. The van der Waals surface area contributed by atoms with Gasteiger partial charge in [0.05, 0.1) is 16.9 Å². The van der Waals surface area contributed by atoms with Gasteiger partial charge in [0, 0.05) is 12.8 Å². The summed E-state index contributed by atoms with van der Waals surface area (Å²) >= 11 is 0.